The quantitative estimate of drug-likeness (QED) is 0.661. The van der Waals surface area contributed by atoms with Gasteiger partial charge in [0.15, 0.2) is 0 Å². The van der Waals surface area contributed by atoms with Crippen molar-refractivity contribution < 1.29 is 8.78 Å². The fourth-order valence-corrected chi connectivity index (χ4v) is 2.91. The van der Waals surface area contributed by atoms with E-state index in [0.717, 1.165) is 0 Å². The van der Waals surface area contributed by atoms with E-state index in [4.69, 9.17) is 0 Å². The molecule has 106 valence electrons. The highest BCUT2D eigenvalue weighted by molar-refractivity contribution is 5.14. The summed E-state index contributed by atoms with van der Waals surface area (Å²) in [6, 6.07) is 0. The number of hydrogen-bond acceptors (Lipinski definition) is 2. The first-order chi connectivity index (χ1) is 7.87. The van der Waals surface area contributed by atoms with Crippen LogP contribution in [0.2, 0.25) is 0 Å². The Morgan fingerprint density at radius 1 is 0.722 bits per heavy atom. The lowest BCUT2D eigenvalue weighted by Gasteiger charge is -2.56. The molecule has 0 unspecified atom stereocenters. The molecule has 2 aliphatic heterocycles. The molecule has 2 nitrogen and oxygen atoms in total. The average Bonchev–Trinajstić information content (AvgIpc) is 2.31. The van der Waals surface area contributed by atoms with Gasteiger partial charge in [-0.15, -0.1) is 0 Å². The van der Waals surface area contributed by atoms with E-state index in [1.165, 1.54) is 0 Å². The second-order valence-corrected chi connectivity index (χ2v) is 8.04. The SMILES string of the molecule is CC(C)(C)N1CC(F)(F)C2(C1)CN(C(C)(C)C)C2. The molecule has 18 heavy (non-hydrogen) atoms. The lowest BCUT2D eigenvalue weighted by Crippen LogP contribution is -2.68. The third-order valence-electron chi connectivity index (χ3n) is 4.54. The number of rotatable bonds is 0. The van der Waals surface area contributed by atoms with Gasteiger partial charge in [0.05, 0.1) is 12.0 Å². The molecule has 0 aliphatic carbocycles. The van der Waals surface area contributed by atoms with E-state index < -0.39 is 11.3 Å². The maximum absolute atomic E-state index is 14.3. The predicted octanol–water partition coefficient (Wildman–Crippen LogP) is 2.84. The summed E-state index contributed by atoms with van der Waals surface area (Å²) in [5.74, 6) is -2.55. The van der Waals surface area contributed by atoms with Gasteiger partial charge in [-0.2, -0.15) is 0 Å². The number of alkyl halides is 2. The Hall–Kier alpha value is -0.220. The van der Waals surface area contributed by atoms with Crippen molar-refractivity contribution in [2.24, 2.45) is 5.41 Å². The van der Waals surface area contributed by atoms with Gasteiger partial charge in [-0.25, -0.2) is 8.78 Å². The number of nitrogens with zero attached hydrogens (tertiary/aromatic N) is 2. The fraction of sp³-hybridized carbons (Fsp3) is 1.00. The first kappa shape index (κ1) is 14.2. The fourth-order valence-electron chi connectivity index (χ4n) is 2.91. The molecule has 2 saturated heterocycles. The maximum Gasteiger partial charge on any atom is 0.269 e. The Morgan fingerprint density at radius 2 is 1.06 bits per heavy atom. The number of hydrogen-bond donors (Lipinski definition) is 0. The highest BCUT2D eigenvalue weighted by Crippen LogP contribution is 2.52. The maximum atomic E-state index is 14.3. The Morgan fingerprint density at radius 3 is 1.33 bits per heavy atom. The summed E-state index contributed by atoms with van der Waals surface area (Å²) >= 11 is 0. The molecule has 2 rings (SSSR count). The van der Waals surface area contributed by atoms with E-state index >= 15 is 0 Å². The molecule has 1 spiro atoms. The van der Waals surface area contributed by atoms with Crippen LogP contribution in [0.1, 0.15) is 41.5 Å². The van der Waals surface area contributed by atoms with Crippen molar-refractivity contribution in [2.75, 3.05) is 26.2 Å². The molecule has 0 aromatic heterocycles. The monoisotopic (exact) mass is 260 g/mol. The molecule has 0 atom stereocenters. The van der Waals surface area contributed by atoms with E-state index in [0.29, 0.717) is 19.6 Å². The van der Waals surface area contributed by atoms with Gasteiger partial charge in [-0.05, 0) is 41.5 Å². The van der Waals surface area contributed by atoms with Crippen LogP contribution < -0.4 is 0 Å². The summed E-state index contributed by atoms with van der Waals surface area (Å²) in [6.07, 6.45) is 0. The van der Waals surface area contributed by atoms with Gasteiger partial charge < -0.3 is 0 Å². The van der Waals surface area contributed by atoms with Crippen LogP contribution >= 0.6 is 0 Å². The van der Waals surface area contributed by atoms with Crippen molar-refractivity contribution in [3.8, 4) is 0 Å². The molecule has 4 heteroatoms. The van der Waals surface area contributed by atoms with Crippen molar-refractivity contribution in [1.29, 1.82) is 0 Å². The molecule has 0 radical (unpaired) electrons. The summed E-state index contributed by atoms with van der Waals surface area (Å²) in [5.41, 5.74) is -0.987. The van der Waals surface area contributed by atoms with Crippen molar-refractivity contribution in [1.82, 2.24) is 9.80 Å². The summed E-state index contributed by atoms with van der Waals surface area (Å²) in [5, 5.41) is 0. The second kappa shape index (κ2) is 3.66. The van der Waals surface area contributed by atoms with Crippen LogP contribution in [0, 0.1) is 5.41 Å². The molecular weight excluding hydrogens is 234 g/mol. The zero-order chi connectivity index (χ0) is 14.0. The van der Waals surface area contributed by atoms with Gasteiger partial charge in [0.1, 0.15) is 0 Å². The minimum absolute atomic E-state index is 0.00349. The molecular formula is C14H26F2N2. The first-order valence-electron chi connectivity index (χ1n) is 6.75. The third kappa shape index (κ3) is 2.07. The van der Waals surface area contributed by atoms with Crippen molar-refractivity contribution in [2.45, 2.75) is 58.5 Å². The van der Waals surface area contributed by atoms with Crippen LogP contribution in [-0.4, -0.2) is 53.0 Å². The highest BCUT2D eigenvalue weighted by Gasteiger charge is 2.67. The topological polar surface area (TPSA) is 6.48 Å². The molecule has 0 bridgehead atoms. The molecule has 2 fully saturated rings. The van der Waals surface area contributed by atoms with Gasteiger partial charge in [0, 0.05) is 30.7 Å². The normalized spacial score (nSPS) is 28.7. The van der Waals surface area contributed by atoms with Crippen LogP contribution in [-0.2, 0) is 0 Å². The summed E-state index contributed by atoms with van der Waals surface area (Å²) < 4.78 is 28.6. The molecule has 2 aliphatic rings. The van der Waals surface area contributed by atoms with E-state index in [1.54, 1.807) is 0 Å². The minimum Gasteiger partial charge on any atom is -0.297 e. The molecule has 0 aromatic carbocycles. The molecule has 2 heterocycles. The second-order valence-electron chi connectivity index (χ2n) is 8.04. The van der Waals surface area contributed by atoms with Crippen LogP contribution in [0.25, 0.3) is 0 Å². The van der Waals surface area contributed by atoms with Crippen LogP contribution in [0.3, 0.4) is 0 Å². The Bertz CT molecular complexity index is 333. The standard InChI is InChI=1S/C14H26F2N2/c1-11(2,3)17-7-13(8-17)9-18(12(4,5)6)10-14(13,15)16/h7-10H2,1-6H3. The molecule has 0 N–H and O–H groups in total. The Balaban J connectivity index is 2.12. The summed E-state index contributed by atoms with van der Waals surface area (Å²) in [4.78, 5) is 4.10. The lowest BCUT2D eigenvalue weighted by molar-refractivity contribution is -0.176. The third-order valence-corrected chi connectivity index (χ3v) is 4.54. The number of halogens is 2. The summed E-state index contributed by atoms with van der Waals surface area (Å²) in [7, 11) is 0. The first-order valence-corrected chi connectivity index (χ1v) is 6.75. The van der Waals surface area contributed by atoms with Crippen molar-refractivity contribution >= 4 is 0 Å². The Labute approximate surface area is 109 Å². The van der Waals surface area contributed by atoms with Gasteiger partial charge >= 0.3 is 0 Å². The van der Waals surface area contributed by atoms with Gasteiger partial charge in [0.25, 0.3) is 5.92 Å². The van der Waals surface area contributed by atoms with E-state index in [2.05, 4.69) is 25.7 Å². The van der Waals surface area contributed by atoms with Gasteiger partial charge in [0.2, 0.25) is 0 Å². The van der Waals surface area contributed by atoms with E-state index in [1.807, 2.05) is 25.7 Å². The van der Waals surface area contributed by atoms with Crippen molar-refractivity contribution in [3.05, 3.63) is 0 Å². The van der Waals surface area contributed by atoms with Gasteiger partial charge in [-0.1, -0.05) is 0 Å². The van der Waals surface area contributed by atoms with E-state index in [-0.39, 0.29) is 17.6 Å². The number of likely N-dealkylation sites (tertiary alicyclic amines) is 2. The highest BCUT2D eigenvalue weighted by atomic mass is 19.3. The Kier molecular flexibility index (Phi) is 2.89. The smallest absolute Gasteiger partial charge is 0.269 e. The molecule has 0 saturated carbocycles. The van der Waals surface area contributed by atoms with Gasteiger partial charge in [-0.3, -0.25) is 9.80 Å². The average molecular weight is 260 g/mol. The lowest BCUT2D eigenvalue weighted by atomic mass is 9.74. The predicted molar refractivity (Wildman–Crippen MR) is 70.0 cm³/mol. The van der Waals surface area contributed by atoms with E-state index in [9.17, 15) is 8.78 Å². The summed E-state index contributed by atoms with van der Waals surface area (Å²) in [6.45, 7) is 13.8. The van der Waals surface area contributed by atoms with Crippen molar-refractivity contribution in [3.63, 3.8) is 0 Å². The molecule has 0 amide bonds. The molecule has 0 aromatic rings. The largest absolute Gasteiger partial charge is 0.297 e. The van der Waals surface area contributed by atoms with Crippen LogP contribution in [0.5, 0.6) is 0 Å². The minimum atomic E-state index is -2.55. The van der Waals surface area contributed by atoms with Crippen LogP contribution in [0.15, 0.2) is 0 Å². The zero-order valence-electron chi connectivity index (χ0n) is 12.5. The zero-order valence-corrected chi connectivity index (χ0v) is 12.5. The van der Waals surface area contributed by atoms with Crippen LogP contribution in [0.4, 0.5) is 8.78 Å².